The van der Waals surface area contributed by atoms with Gasteiger partial charge in [0.1, 0.15) is 5.69 Å². The summed E-state index contributed by atoms with van der Waals surface area (Å²) in [7, 11) is 0. The molecule has 1 heterocycles. The lowest BCUT2D eigenvalue weighted by molar-refractivity contribution is -0.385. The van der Waals surface area contributed by atoms with Crippen molar-refractivity contribution in [3.05, 3.63) is 33.6 Å². The maximum atomic E-state index is 10.7. The highest BCUT2D eigenvalue weighted by Crippen LogP contribution is 2.34. The molecule has 18 heavy (non-hydrogen) atoms. The zero-order valence-electron chi connectivity index (χ0n) is 10.8. The first-order valence-electron chi connectivity index (χ1n) is 6.46. The number of nitrogens with zero attached hydrogens (tertiary/aromatic N) is 2. The van der Waals surface area contributed by atoms with Gasteiger partial charge in [-0.05, 0) is 38.3 Å². The molecule has 1 aromatic heterocycles. The molecule has 1 N–H and O–H groups in total. The van der Waals surface area contributed by atoms with Crippen LogP contribution in [0.4, 0.5) is 5.69 Å². The predicted octanol–water partition coefficient (Wildman–Crippen LogP) is 2.23. The summed E-state index contributed by atoms with van der Waals surface area (Å²) in [6, 6.07) is 3.80. The van der Waals surface area contributed by atoms with Crippen LogP contribution in [0.25, 0.3) is 0 Å². The highest BCUT2D eigenvalue weighted by Gasteiger charge is 2.31. The summed E-state index contributed by atoms with van der Waals surface area (Å²) >= 11 is 0. The van der Waals surface area contributed by atoms with Crippen molar-refractivity contribution in [2.45, 2.75) is 39.2 Å². The normalized spacial score (nSPS) is 16.6. The van der Waals surface area contributed by atoms with Crippen molar-refractivity contribution in [2.75, 3.05) is 6.54 Å². The standard InChI is InChI=1S/C13H19N3O2/c1-3-14-12(10-4-5-10)8-11-6-7-13(16(17)18)9(2)15-11/h6-7,10,12,14H,3-5,8H2,1-2H3. The van der Waals surface area contributed by atoms with Crippen molar-refractivity contribution >= 4 is 5.69 Å². The van der Waals surface area contributed by atoms with Gasteiger partial charge in [-0.25, -0.2) is 0 Å². The van der Waals surface area contributed by atoms with Crippen LogP contribution in [0.15, 0.2) is 12.1 Å². The Bertz CT molecular complexity index is 444. The van der Waals surface area contributed by atoms with Gasteiger partial charge >= 0.3 is 0 Å². The van der Waals surface area contributed by atoms with Crippen molar-refractivity contribution in [2.24, 2.45) is 5.92 Å². The van der Waals surface area contributed by atoms with E-state index in [-0.39, 0.29) is 10.6 Å². The number of nitro groups is 1. The quantitative estimate of drug-likeness (QED) is 0.620. The van der Waals surface area contributed by atoms with Crippen LogP contribution in [-0.2, 0) is 6.42 Å². The maximum Gasteiger partial charge on any atom is 0.290 e. The first-order valence-corrected chi connectivity index (χ1v) is 6.46. The fourth-order valence-electron chi connectivity index (χ4n) is 2.30. The zero-order chi connectivity index (χ0) is 13.1. The van der Waals surface area contributed by atoms with Crippen molar-refractivity contribution in [3.63, 3.8) is 0 Å². The molecule has 1 aliphatic rings. The maximum absolute atomic E-state index is 10.7. The van der Waals surface area contributed by atoms with E-state index in [9.17, 15) is 10.1 Å². The van der Waals surface area contributed by atoms with Crippen molar-refractivity contribution in [3.8, 4) is 0 Å². The molecule has 1 atom stereocenters. The van der Waals surface area contributed by atoms with Gasteiger partial charge < -0.3 is 5.32 Å². The van der Waals surface area contributed by atoms with E-state index in [0.29, 0.717) is 11.7 Å². The average molecular weight is 249 g/mol. The molecule has 2 rings (SSSR count). The van der Waals surface area contributed by atoms with E-state index in [1.165, 1.54) is 12.8 Å². The predicted molar refractivity (Wildman–Crippen MR) is 69.5 cm³/mol. The Morgan fingerprint density at radius 2 is 2.28 bits per heavy atom. The lowest BCUT2D eigenvalue weighted by Crippen LogP contribution is -2.33. The Kier molecular flexibility index (Phi) is 3.91. The molecule has 5 heteroatoms. The lowest BCUT2D eigenvalue weighted by Gasteiger charge is -2.16. The van der Waals surface area contributed by atoms with Crippen LogP contribution in [0.2, 0.25) is 0 Å². The molecule has 0 aliphatic heterocycles. The highest BCUT2D eigenvalue weighted by atomic mass is 16.6. The van der Waals surface area contributed by atoms with Gasteiger partial charge in [0.2, 0.25) is 0 Å². The molecule has 0 radical (unpaired) electrons. The third kappa shape index (κ3) is 3.04. The molecule has 1 fully saturated rings. The summed E-state index contributed by atoms with van der Waals surface area (Å²) in [4.78, 5) is 14.7. The fourth-order valence-corrected chi connectivity index (χ4v) is 2.30. The van der Waals surface area contributed by atoms with Crippen molar-refractivity contribution < 1.29 is 4.92 Å². The summed E-state index contributed by atoms with van der Waals surface area (Å²) in [5.41, 5.74) is 1.55. The fraction of sp³-hybridized carbons (Fsp3) is 0.615. The second-order valence-electron chi connectivity index (χ2n) is 4.87. The molecule has 98 valence electrons. The first-order chi connectivity index (χ1) is 8.61. The smallest absolute Gasteiger partial charge is 0.290 e. The van der Waals surface area contributed by atoms with Gasteiger partial charge in [0.15, 0.2) is 0 Å². The molecular weight excluding hydrogens is 230 g/mol. The number of aryl methyl sites for hydroxylation is 1. The molecule has 0 saturated heterocycles. The first kappa shape index (κ1) is 13.0. The Hall–Kier alpha value is -1.49. The van der Waals surface area contributed by atoms with Crippen LogP contribution >= 0.6 is 0 Å². The summed E-state index contributed by atoms with van der Waals surface area (Å²) in [6.07, 6.45) is 3.42. The molecule has 0 bridgehead atoms. The van der Waals surface area contributed by atoms with Crippen LogP contribution in [-0.4, -0.2) is 22.5 Å². The van der Waals surface area contributed by atoms with Gasteiger partial charge in [0.05, 0.1) is 4.92 Å². The number of nitrogens with one attached hydrogen (secondary N) is 1. The number of rotatable bonds is 6. The molecular formula is C13H19N3O2. The van der Waals surface area contributed by atoms with E-state index >= 15 is 0 Å². The van der Waals surface area contributed by atoms with E-state index in [2.05, 4.69) is 17.2 Å². The Balaban J connectivity index is 2.08. The van der Waals surface area contributed by atoms with Gasteiger partial charge in [-0.1, -0.05) is 6.92 Å². The number of hydrogen-bond donors (Lipinski definition) is 1. The zero-order valence-corrected chi connectivity index (χ0v) is 10.8. The molecule has 0 spiro atoms. The third-order valence-corrected chi connectivity index (χ3v) is 3.40. The Labute approximate surface area is 107 Å². The number of likely N-dealkylation sites (N-methyl/N-ethyl adjacent to an activating group) is 1. The Morgan fingerprint density at radius 3 is 2.78 bits per heavy atom. The second kappa shape index (κ2) is 5.44. The summed E-state index contributed by atoms with van der Waals surface area (Å²) in [6.45, 7) is 4.75. The van der Waals surface area contributed by atoms with Gasteiger partial charge in [-0.2, -0.15) is 0 Å². The molecule has 5 nitrogen and oxygen atoms in total. The van der Waals surface area contributed by atoms with E-state index in [0.717, 1.165) is 24.6 Å². The van der Waals surface area contributed by atoms with Crippen LogP contribution in [0.1, 0.15) is 31.2 Å². The summed E-state index contributed by atoms with van der Waals surface area (Å²) < 4.78 is 0. The van der Waals surface area contributed by atoms with Crippen molar-refractivity contribution in [1.29, 1.82) is 0 Å². The van der Waals surface area contributed by atoms with Gasteiger partial charge in [0.25, 0.3) is 5.69 Å². The van der Waals surface area contributed by atoms with Gasteiger partial charge in [0, 0.05) is 24.2 Å². The van der Waals surface area contributed by atoms with E-state index in [4.69, 9.17) is 0 Å². The van der Waals surface area contributed by atoms with E-state index < -0.39 is 0 Å². The molecule has 1 saturated carbocycles. The number of aromatic nitrogens is 1. The van der Waals surface area contributed by atoms with Gasteiger partial charge in [-0.15, -0.1) is 0 Å². The Morgan fingerprint density at radius 1 is 1.56 bits per heavy atom. The van der Waals surface area contributed by atoms with Crippen molar-refractivity contribution in [1.82, 2.24) is 10.3 Å². The number of pyridine rings is 1. The van der Waals surface area contributed by atoms with E-state index in [1.54, 1.807) is 19.1 Å². The SMILES string of the molecule is CCNC(Cc1ccc([N+](=O)[O-])c(C)n1)C1CC1. The van der Waals surface area contributed by atoms with Crippen LogP contribution < -0.4 is 5.32 Å². The minimum atomic E-state index is -0.380. The second-order valence-corrected chi connectivity index (χ2v) is 4.87. The largest absolute Gasteiger partial charge is 0.314 e. The molecule has 1 unspecified atom stereocenters. The van der Waals surface area contributed by atoms with Crippen LogP contribution in [0.5, 0.6) is 0 Å². The minimum Gasteiger partial charge on any atom is -0.314 e. The van der Waals surface area contributed by atoms with Crippen LogP contribution in [0.3, 0.4) is 0 Å². The molecule has 0 amide bonds. The summed E-state index contributed by atoms with van der Waals surface area (Å²) in [5, 5.41) is 14.2. The molecule has 0 aromatic carbocycles. The highest BCUT2D eigenvalue weighted by molar-refractivity contribution is 5.35. The molecule has 1 aliphatic carbocycles. The monoisotopic (exact) mass is 249 g/mol. The average Bonchev–Trinajstić information content (AvgIpc) is 3.11. The minimum absolute atomic E-state index is 0.102. The van der Waals surface area contributed by atoms with Gasteiger partial charge in [-0.3, -0.25) is 15.1 Å². The topological polar surface area (TPSA) is 68.1 Å². The number of hydrogen-bond acceptors (Lipinski definition) is 4. The van der Waals surface area contributed by atoms with E-state index in [1.807, 2.05) is 0 Å². The molecule has 1 aromatic rings. The summed E-state index contributed by atoms with van der Waals surface area (Å²) in [5.74, 6) is 0.752. The van der Waals surface area contributed by atoms with Crippen LogP contribution in [0, 0.1) is 23.0 Å². The lowest BCUT2D eigenvalue weighted by atomic mass is 10.1. The third-order valence-electron chi connectivity index (χ3n) is 3.40.